The predicted octanol–water partition coefficient (Wildman–Crippen LogP) is 3.32. The fourth-order valence-electron chi connectivity index (χ4n) is 3.89. The van der Waals surface area contributed by atoms with Crippen LogP contribution >= 0.6 is 0 Å². The summed E-state index contributed by atoms with van der Waals surface area (Å²) in [5.74, 6) is 0.666. The molecule has 2 aliphatic rings. The summed E-state index contributed by atoms with van der Waals surface area (Å²) in [5.41, 5.74) is 2.69. The SMILES string of the molecule is CC1COc2ccc(-c3cccc(F)c3)cc2CN1C(=O)CCN1CCOCC1. The Labute approximate surface area is 171 Å². The summed E-state index contributed by atoms with van der Waals surface area (Å²) >= 11 is 0. The summed E-state index contributed by atoms with van der Waals surface area (Å²) in [6.45, 7) is 6.97. The van der Waals surface area contributed by atoms with Crippen molar-refractivity contribution in [3.8, 4) is 16.9 Å². The van der Waals surface area contributed by atoms with Gasteiger partial charge in [0.15, 0.2) is 0 Å². The molecule has 1 amide bonds. The van der Waals surface area contributed by atoms with E-state index in [2.05, 4.69) is 4.90 Å². The zero-order valence-electron chi connectivity index (χ0n) is 16.8. The summed E-state index contributed by atoms with van der Waals surface area (Å²) in [6.07, 6.45) is 0.489. The van der Waals surface area contributed by atoms with Crippen LogP contribution in [0.15, 0.2) is 42.5 Å². The van der Waals surface area contributed by atoms with E-state index in [0.29, 0.717) is 19.6 Å². The zero-order chi connectivity index (χ0) is 20.2. The van der Waals surface area contributed by atoms with Gasteiger partial charge in [0.2, 0.25) is 5.91 Å². The van der Waals surface area contributed by atoms with Crippen LogP contribution in [0.25, 0.3) is 11.1 Å². The molecule has 0 saturated carbocycles. The van der Waals surface area contributed by atoms with Gasteiger partial charge in [-0.05, 0) is 42.3 Å². The van der Waals surface area contributed by atoms with E-state index in [4.69, 9.17) is 9.47 Å². The molecule has 2 aliphatic heterocycles. The summed E-state index contributed by atoms with van der Waals surface area (Å²) < 4.78 is 25.0. The van der Waals surface area contributed by atoms with Gasteiger partial charge in [-0.1, -0.05) is 18.2 Å². The van der Waals surface area contributed by atoms with Crippen molar-refractivity contribution in [1.29, 1.82) is 0 Å². The lowest BCUT2D eigenvalue weighted by atomic mass is 10.0. The second-order valence-corrected chi connectivity index (χ2v) is 7.72. The predicted molar refractivity (Wildman–Crippen MR) is 109 cm³/mol. The van der Waals surface area contributed by atoms with Gasteiger partial charge in [-0.3, -0.25) is 9.69 Å². The summed E-state index contributed by atoms with van der Waals surface area (Å²) in [4.78, 5) is 17.2. The minimum absolute atomic E-state index is 0.00258. The Bertz CT molecular complexity index is 867. The summed E-state index contributed by atoms with van der Waals surface area (Å²) in [5, 5.41) is 0. The number of amides is 1. The Balaban J connectivity index is 1.49. The molecule has 0 radical (unpaired) electrons. The molecule has 0 aliphatic carbocycles. The third-order valence-corrected chi connectivity index (χ3v) is 5.64. The second kappa shape index (κ2) is 8.93. The highest BCUT2D eigenvalue weighted by Gasteiger charge is 2.26. The highest BCUT2D eigenvalue weighted by atomic mass is 19.1. The molecular weight excluding hydrogens is 371 g/mol. The maximum atomic E-state index is 13.6. The van der Waals surface area contributed by atoms with Crippen LogP contribution in [0, 0.1) is 5.82 Å². The van der Waals surface area contributed by atoms with Gasteiger partial charge in [0.05, 0.1) is 19.3 Å². The van der Waals surface area contributed by atoms with Crippen molar-refractivity contribution in [3.63, 3.8) is 0 Å². The van der Waals surface area contributed by atoms with Crippen molar-refractivity contribution in [1.82, 2.24) is 9.80 Å². The number of hydrogen-bond donors (Lipinski definition) is 0. The summed E-state index contributed by atoms with van der Waals surface area (Å²) in [7, 11) is 0. The monoisotopic (exact) mass is 398 g/mol. The maximum absolute atomic E-state index is 13.6. The van der Waals surface area contributed by atoms with E-state index in [-0.39, 0.29) is 17.8 Å². The van der Waals surface area contributed by atoms with E-state index in [9.17, 15) is 9.18 Å². The topological polar surface area (TPSA) is 42.0 Å². The molecule has 2 aromatic rings. The van der Waals surface area contributed by atoms with Gasteiger partial charge >= 0.3 is 0 Å². The van der Waals surface area contributed by atoms with Gasteiger partial charge in [0.25, 0.3) is 0 Å². The standard InChI is InChI=1S/C23H27FN2O3/c1-17-16-29-22-6-5-19(18-3-2-4-21(24)14-18)13-20(22)15-26(17)23(27)7-8-25-9-11-28-12-10-25/h2-6,13-14,17H,7-12,15-16H2,1H3. The molecule has 0 N–H and O–H groups in total. The van der Waals surface area contributed by atoms with Gasteiger partial charge in [0, 0.05) is 38.2 Å². The Morgan fingerprint density at radius 1 is 1.14 bits per heavy atom. The van der Waals surface area contributed by atoms with E-state index < -0.39 is 0 Å². The van der Waals surface area contributed by atoms with Gasteiger partial charge in [-0.2, -0.15) is 0 Å². The number of ether oxygens (including phenoxy) is 2. The Morgan fingerprint density at radius 2 is 1.93 bits per heavy atom. The molecule has 1 atom stereocenters. The maximum Gasteiger partial charge on any atom is 0.224 e. The fourth-order valence-corrected chi connectivity index (χ4v) is 3.89. The lowest BCUT2D eigenvalue weighted by Gasteiger charge is -2.29. The average molecular weight is 398 g/mol. The number of rotatable bonds is 4. The lowest BCUT2D eigenvalue weighted by molar-refractivity contribution is -0.134. The fraction of sp³-hybridized carbons (Fsp3) is 0.435. The first-order valence-electron chi connectivity index (χ1n) is 10.2. The lowest BCUT2D eigenvalue weighted by Crippen LogP contribution is -2.43. The van der Waals surface area contributed by atoms with E-state index in [1.54, 1.807) is 6.07 Å². The van der Waals surface area contributed by atoms with Crippen LogP contribution in [0.3, 0.4) is 0 Å². The van der Waals surface area contributed by atoms with Gasteiger partial charge in [-0.25, -0.2) is 4.39 Å². The average Bonchev–Trinajstić information content (AvgIpc) is 2.91. The van der Waals surface area contributed by atoms with E-state index in [1.807, 2.05) is 36.1 Å². The molecule has 5 nitrogen and oxygen atoms in total. The van der Waals surface area contributed by atoms with Crippen molar-refractivity contribution in [3.05, 3.63) is 53.8 Å². The third kappa shape index (κ3) is 4.77. The van der Waals surface area contributed by atoms with E-state index in [1.165, 1.54) is 12.1 Å². The van der Waals surface area contributed by atoms with Crippen LogP contribution < -0.4 is 4.74 Å². The number of benzene rings is 2. The summed E-state index contributed by atoms with van der Waals surface area (Å²) in [6, 6.07) is 12.4. The van der Waals surface area contributed by atoms with Gasteiger partial charge < -0.3 is 14.4 Å². The smallest absolute Gasteiger partial charge is 0.224 e. The number of nitrogens with zero attached hydrogens (tertiary/aromatic N) is 2. The van der Waals surface area contributed by atoms with Crippen molar-refractivity contribution in [2.75, 3.05) is 39.5 Å². The van der Waals surface area contributed by atoms with Crippen LogP contribution in [-0.2, 0) is 16.1 Å². The molecule has 0 spiro atoms. The normalized spacial score (nSPS) is 19.9. The number of morpholine rings is 1. The highest BCUT2D eigenvalue weighted by molar-refractivity contribution is 5.77. The van der Waals surface area contributed by atoms with Crippen molar-refractivity contribution < 1.29 is 18.7 Å². The van der Waals surface area contributed by atoms with Crippen molar-refractivity contribution >= 4 is 5.91 Å². The molecule has 1 unspecified atom stereocenters. The van der Waals surface area contributed by atoms with Crippen molar-refractivity contribution in [2.24, 2.45) is 0 Å². The Hall–Kier alpha value is -2.44. The molecule has 4 rings (SSSR count). The quantitative estimate of drug-likeness (QED) is 0.792. The number of carbonyl (C=O) groups is 1. The molecule has 29 heavy (non-hydrogen) atoms. The van der Waals surface area contributed by atoms with Crippen molar-refractivity contribution in [2.45, 2.75) is 25.9 Å². The second-order valence-electron chi connectivity index (χ2n) is 7.72. The molecule has 1 fully saturated rings. The highest BCUT2D eigenvalue weighted by Crippen LogP contribution is 2.31. The molecule has 6 heteroatoms. The van der Waals surface area contributed by atoms with Crippen LogP contribution in [0.1, 0.15) is 18.9 Å². The largest absolute Gasteiger partial charge is 0.491 e. The van der Waals surface area contributed by atoms with Crippen LogP contribution in [0.2, 0.25) is 0 Å². The molecule has 2 heterocycles. The van der Waals surface area contributed by atoms with Gasteiger partial charge in [-0.15, -0.1) is 0 Å². The molecule has 2 aromatic carbocycles. The first kappa shape index (κ1) is 19.9. The molecule has 1 saturated heterocycles. The first-order valence-corrected chi connectivity index (χ1v) is 10.2. The first-order chi connectivity index (χ1) is 14.1. The number of carbonyl (C=O) groups excluding carboxylic acids is 1. The minimum Gasteiger partial charge on any atom is -0.491 e. The third-order valence-electron chi connectivity index (χ3n) is 5.64. The van der Waals surface area contributed by atoms with E-state index in [0.717, 1.165) is 55.3 Å². The van der Waals surface area contributed by atoms with E-state index >= 15 is 0 Å². The van der Waals surface area contributed by atoms with Crippen LogP contribution in [-0.4, -0.2) is 61.2 Å². The molecular formula is C23H27FN2O3. The molecule has 0 bridgehead atoms. The number of hydrogen-bond acceptors (Lipinski definition) is 4. The Kier molecular flexibility index (Phi) is 6.11. The molecule has 0 aromatic heterocycles. The minimum atomic E-state index is -0.262. The zero-order valence-corrected chi connectivity index (χ0v) is 16.8. The molecule has 154 valence electrons. The van der Waals surface area contributed by atoms with Gasteiger partial charge in [0.1, 0.15) is 18.2 Å². The number of halogens is 1. The van der Waals surface area contributed by atoms with Crippen LogP contribution in [0.4, 0.5) is 4.39 Å². The van der Waals surface area contributed by atoms with Crippen LogP contribution in [0.5, 0.6) is 5.75 Å². The Morgan fingerprint density at radius 3 is 2.72 bits per heavy atom. The number of fused-ring (bicyclic) bond motifs is 1.